The maximum absolute atomic E-state index is 13.7. The van der Waals surface area contributed by atoms with E-state index in [2.05, 4.69) is 34.3 Å². The van der Waals surface area contributed by atoms with Gasteiger partial charge in [-0.25, -0.2) is 4.98 Å². The minimum absolute atomic E-state index is 0.260. The summed E-state index contributed by atoms with van der Waals surface area (Å²) in [7, 11) is 0. The molecule has 0 spiro atoms. The number of nitrogens with zero attached hydrogens (tertiary/aromatic N) is 2. The van der Waals surface area contributed by atoms with Gasteiger partial charge in [-0.1, -0.05) is 42.5 Å². The highest BCUT2D eigenvalue weighted by molar-refractivity contribution is 7.25. The Bertz CT molecular complexity index is 2140. The molecule has 7 aromatic rings. The predicted octanol–water partition coefficient (Wildman–Crippen LogP) is 8.99. The van der Waals surface area contributed by atoms with E-state index in [1.165, 1.54) is 39.1 Å². The lowest BCUT2D eigenvalue weighted by atomic mass is 10.1. The number of rotatable bonds is 7. The summed E-state index contributed by atoms with van der Waals surface area (Å²) in [4.78, 5) is 18.5. The first kappa shape index (κ1) is 27.5. The van der Waals surface area contributed by atoms with Gasteiger partial charge in [0.05, 0.1) is 0 Å². The highest BCUT2D eigenvalue weighted by Crippen LogP contribution is 2.37. The number of hydrogen-bond acceptors (Lipinski definition) is 5. The number of alkyl halides is 3. The molecule has 0 radical (unpaired) electrons. The number of thiophene rings is 1. The summed E-state index contributed by atoms with van der Waals surface area (Å²) in [5.41, 5.74) is 3.40. The van der Waals surface area contributed by atoms with E-state index < -0.39 is 6.36 Å². The molecule has 3 heterocycles. The Balaban J connectivity index is 1.09. The number of aromatic nitrogens is 2. The van der Waals surface area contributed by atoms with Gasteiger partial charge in [0, 0.05) is 38.5 Å². The number of amides is 1. The van der Waals surface area contributed by atoms with Gasteiger partial charge in [0.2, 0.25) is 0 Å². The second-order valence-corrected chi connectivity index (χ2v) is 11.1. The van der Waals surface area contributed by atoms with Crippen molar-refractivity contribution in [2.75, 3.05) is 0 Å². The van der Waals surface area contributed by atoms with E-state index in [1.807, 2.05) is 54.7 Å². The summed E-state index contributed by atoms with van der Waals surface area (Å²) in [6.07, 6.45) is -2.93. The molecule has 44 heavy (non-hydrogen) atoms. The largest absolute Gasteiger partial charge is 0.573 e. The third-order valence-corrected chi connectivity index (χ3v) is 8.22. The van der Waals surface area contributed by atoms with Gasteiger partial charge in [0.25, 0.3) is 5.91 Å². The van der Waals surface area contributed by atoms with E-state index in [0.717, 1.165) is 16.5 Å². The van der Waals surface area contributed by atoms with E-state index in [-0.39, 0.29) is 18.2 Å². The Kier molecular flexibility index (Phi) is 6.90. The van der Waals surface area contributed by atoms with Crippen molar-refractivity contribution in [1.82, 2.24) is 14.7 Å². The highest BCUT2D eigenvalue weighted by Gasteiger charge is 2.31. The van der Waals surface area contributed by atoms with Crippen LogP contribution in [0.15, 0.2) is 115 Å². The Morgan fingerprint density at radius 2 is 1.48 bits per heavy atom. The molecule has 6 nitrogen and oxygen atoms in total. The lowest BCUT2D eigenvalue weighted by Crippen LogP contribution is -2.24. The lowest BCUT2D eigenvalue weighted by Gasteiger charge is -2.11. The number of nitrogens with one attached hydrogen (secondary N) is 1. The molecule has 0 aliphatic rings. The van der Waals surface area contributed by atoms with Crippen LogP contribution >= 0.6 is 11.3 Å². The molecule has 3 aromatic heterocycles. The number of ether oxygens (including phenoxy) is 2. The molecule has 0 saturated carbocycles. The summed E-state index contributed by atoms with van der Waals surface area (Å²) in [5.74, 6) is 0.250. The van der Waals surface area contributed by atoms with Crippen molar-refractivity contribution in [1.29, 1.82) is 0 Å². The number of hydrogen-bond donors (Lipinski definition) is 1. The number of imidazole rings is 1. The third-order valence-electron chi connectivity index (χ3n) is 7.06. The molecule has 4 aromatic carbocycles. The molecule has 218 valence electrons. The fraction of sp³-hybridized carbons (Fsp3) is 0.0588. The van der Waals surface area contributed by atoms with Gasteiger partial charge in [-0.2, -0.15) is 0 Å². The van der Waals surface area contributed by atoms with Crippen molar-refractivity contribution < 1.29 is 27.4 Å². The van der Waals surface area contributed by atoms with Crippen LogP contribution in [0.2, 0.25) is 0 Å². The summed E-state index contributed by atoms with van der Waals surface area (Å²) < 4.78 is 51.0. The first-order valence-electron chi connectivity index (χ1n) is 13.6. The molecule has 1 N–H and O–H groups in total. The first-order valence-corrected chi connectivity index (χ1v) is 14.4. The van der Waals surface area contributed by atoms with Crippen LogP contribution in [-0.4, -0.2) is 21.7 Å². The molecule has 10 heteroatoms. The summed E-state index contributed by atoms with van der Waals surface area (Å²) in [6.45, 7) is 0.260. The molecular weight excluding hydrogens is 587 g/mol. The number of halogens is 3. The molecule has 0 aliphatic carbocycles. The molecule has 0 saturated heterocycles. The van der Waals surface area contributed by atoms with E-state index in [9.17, 15) is 18.0 Å². The average Bonchev–Trinajstić information content (AvgIpc) is 3.59. The van der Waals surface area contributed by atoms with E-state index >= 15 is 0 Å². The van der Waals surface area contributed by atoms with E-state index in [0.29, 0.717) is 28.5 Å². The Labute approximate surface area is 252 Å². The maximum atomic E-state index is 13.7. The molecule has 0 aliphatic heterocycles. The van der Waals surface area contributed by atoms with Gasteiger partial charge < -0.3 is 14.8 Å². The van der Waals surface area contributed by atoms with E-state index in [1.54, 1.807) is 27.9 Å². The second-order valence-electron chi connectivity index (χ2n) is 9.99. The predicted molar refractivity (Wildman–Crippen MR) is 164 cm³/mol. The molecule has 1 amide bonds. The molecule has 0 bridgehead atoms. The average molecular weight is 610 g/mol. The van der Waals surface area contributed by atoms with E-state index in [4.69, 9.17) is 9.72 Å². The van der Waals surface area contributed by atoms with Crippen molar-refractivity contribution in [3.63, 3.8) is 0 Å². The monoisotopic (exact) mass is 609 g/mol. The highest BCUT2D eigenvalue weighted by atomic mass is 32.1. The SMILES string of the molecule is O=C(NCc1ccc(Oc2ccc(OC(F)(F)F)cc2)cc1)c1c(-c2ccc3sc4ccccc4c3c2)nc2ccccn12. The van der Waals surface area contributed by atoms with Crippen LogP contribution in [0, 0.1) is 0 Å². The van der Waals surface area contributed by atoms with Crippen molar-refractivity contribution in [3.05, 3.63) is 127 Å². The standard InChI is InChI=1S/C34H22F3N3O3S/c35-34(36,37)43-25-15-13-24(14-16-25)42-23-11-8-21(9-12-23)20-38-33(41)32-31(39-30-7-3-4-18-40(30)32)22-10-17-29-27(19-22)26-5-1-2-6-28(26)44-29/h1-19H,20H2,(H,38,41). The summed E-state index contributed by atoms with van der Waals surface area (Å²) in [6, 6.07) is 32.3. The van der Waals surface area contributed by atoms with Crippen LogP contribution in [0.1, 0.15) is 16.1 Å². The molecular formula is C34H22F3N3O3S. The fourth-order valence-corrected chi connectivity index (χ4v) is 6.16. The van der Waals surface area contributed by atoms with Crippen molar-refractivity contribution in [2.45, 2.75) is 12.9 Å². The van der Waals surface area contributed by atoms with Gasteiger partial charge in [0.1, 0.15) is 34.3 Å². The van der Waals surface area contributed by atoms with Crippen LogP contribution in [0.25, 0.3) is 37.1 Å². The molecule has 0 fully saturated rings. The number of carbonyl (C=O) groups is 1. The second kappa shape index (κ2) is 11.1. The Morgan fingerprint density at radius 1 is 0.795 bits per heavy atom. The van der Waals surface area contributed by atoms with Gasteiger partial charge >= 0.3 is 6.36 Å². The molecule has 0 atom stereocenters. The number of pyridine rings is 1. The third kappa shape index (κ3) is 5.55. The topological polar surface area (TPSA) is 64.9 Å². The zero-order chi connectivity index (χ0) is 30.3. The number of benzene rings is 4. The van der Waals surface area contributed by atoms with Crippen molar-refractivity contribution in [2.24, 2.45) is 0 Å². The van der Waals surface area contributed by atoms with Gasteiger partial charge in [0.15, 0.2) is 0 Å². The summed E-state index contributed by atoms with van der Waals surface area (Å²) in [5, 5.41) is 5.31. The van der Waals surface area contributed by atoms with Crippen LogP contribution in [0.3, 0.4) is 0 Å². The first-order chi connectivity index (χ1) is 21.3. The Morgan fingerprint density at radius 3 is 2.25 bits per heavy atom. The normalized spacial score (nSPS) is 11.7. The van der Waals surface area contributed by atoms with Crippen LogP contribution in [0.5, 0.6) is 17.2 Å². The molecule has 0 unspecified atom stereocenters. The molecule has 7 rings (SSSR count). The zero-order valence-corrected chi connectivity index (χ0v) is 23.7. The van der Waals surface area contributed by atoms with Crippen molar-refractivity contribution in [3.8, 4) is 28.5 Å². The maximum Gasteiger partial charge on any atom is 0.573 e. The lowest BCUT2D eigenvalue weighted by molar-refractivity contribution is -0.274. The van der Waals surface area contributed by atoms with Gasteiger partial charge in [-0.15, -0.1) is 24.5 Å². The van der Waals surface area contributed by atoms with Gasteiger partial charge in [-0.05, 0) is 72.3 Å². The van der Waals surface area contributed by atoms with Crippen LogP contribution in [-0.2, 0) is 6.54 Å². The Hall–Kier alpha value is -5.35. The minimum atomic E-state index is -4.76. The van der Waals surface area contributed by atoms with Crippen molar-refractivity contribution >= 4 is 43.1 Å². The van der Waals surface area contributed by atoms with Crippen LogP contribution in [0.4, 0.5) is 13.2 Å². The van der Waals surface area contributed by atoms with Gasteiger partial charge in [-0.3, -0.25) is 9.20 Å². The zero-order valence-electron chi connectivity index (χ0n) is 22.8. The number of carbonyl (C=O) groups excluding carboxylic acids is 1. The fourth-order valence-electron chi connectivity index (χ4n) is 5.07. The summed E-state index contributed by atoms with van der Waals surface area (Å²) >= 11 is 1.73. The van der Waals surface area contributed by atoms with Crippen LogP contribution < -0.4 is 14.8 Å². The quantitative estimate of drug-likeness (QED) is 0.196. The smallest absolute Gasteiger partial charge is 0.457 e. The number of fused-ring (bicyclic) bond motifs is 4. The minimum Gasteiger partial charge on any atom is -0.457 e.